The van der Waals surface area contributed by atoms with Crippen molar-refractivity contribution in [1.82, 2.24) is 0 Å². The van der Waals surface area contributed by atoms with E-state index >= 15 is 0 Å². The lowest BCUT2D eigenvalue weighted by molar-refractivity contribution is 0.104. The van der Waals surface area contributed by atoms with Crippen LogP contribution in [0.25, 0.3) is 6.08 Å². The van der Waals surface area contributed by atoms with Crippen molar-refractivity contribution in [2.24, 2.45) is 0 Å². The molecule has 0 unspecified atom stereocenters. The van der Waals surface area contributed by atoms with Gasteiger partial charge in [-0.2, -0.15) is 0 Å². The Morgan fingerprint density at radius 1 is 1.03 bits per heavy atom. The van der Waals surface area contributed by atoms with Gasteiger partial charge in [0.1, 0.15) is 17.2 Å². The fourth-order valence-electron chi connectivity index (χ4n) is 2.91. The van der Waals surface area contributed by atoms with Crippen LogP contribution in [0.1, 0.15) is 61.0 Å². The predicted molar refractivity (Wildman–Crippen MR) is 123 cm³/mol. The molecule has 0 fully saturated rings. The largest absolute Gasteiger partial charge is 0.508 e. The van der Waals surface area contributed by atoms with Gasteiger partial charge in [0.15, 0.2) is 5.78 Å². The number of carbonyl (C=O) groups is 1. The fourth-order valence-corrected chi connectivity index (χ4v) is 2.91. The number of unbranched alkanes of at least 4 members (excludes halogenated alkanes) is 2. The summed E-state index contributed by atoms with van der Waals surface area (Å²) in [6, 6.07) is 10.1. The van der Waals surface area contributed by atoms with Crippen LogP contribution in [0, 0.1) is 0 Å². The van der Waals surface area contributed by atoms with Crippen LogP contribution in [0.5, 0.6) is 17.2 Å². The Kier molecular flexibility index (Phi) is 9.72. The van der Waals surface area contributed by atoms with Gasteiger partial charge in [0.2, 0.25) is 0 Å². The monoisotopic (exact) mass is 408 g/mol. The molecule has 4 nitrogen and oxygen atoms in total. The van der Waals surface area contributed by atoms with E-state index in [-0.39, 0.29) is 11.5 Å². The Morgan fingerprint density at radius 2 is 1.70 bits per heavy atom. The standard InChI is InChI=1S/C26H32O4/c1-4-7-16-29-23-18-21(12-15-25(28)20-10-13-22(27)14-11-20)24(9-6-3)26(19-23)30-17-8-5-2/h6,10-15,18-19,27H,3-5,7-9,16-17H2,1-2H3/b15-12+. The van der Waals surface area contributed by atoms with Crippen LogP contribution in [0.2, 0.25) is 0 Å². The summed E-state index contributed by atoms with van der Waals surface area (Å²) in [5.41, 5.74) is 2.38. The Labute approximate surface area is 179 Å². The Morgan fingerprint density at radius 3 is 2.33 bits per heavy atom. The van der Waals surface area contributed by atoms with Crippen molar-refractivity contribution in [1.29, 1.82) is 0 Å². The first kappa shape index (κ1) is 23.3. The lowest BCUT2D eigenvalue weighted by Crippen LogP contribution is -2.04. The van der Waals surface area contributed by atoms with Crippen LogP contribution < -0.4 is 9.47 Å². The highest BCUT2D eigenvalue weighted by Crippen LogP contribution is 2.31. The lowest BCUT2D eigenvalue weighted by atomic mass is 10.0. The molecular formula is C26H32O4. The van der Waals surface area contributed by atoms with Crippen molar-refractivity contribution in [3.05, 3.63) is 71.8 Å². The molecule has 0 heterocycles. The van der Waals surface area contributed by atoms with Gasteiger partial charge in [-0.05, 0) is 61.2 Å². The molecule has 1 N–H and O–H groups in total. The minimum Gasteiger partial charge on any atom is -0.508 e. The number of rotatable bonds is 13. The van der Waals surface area contributed by atoms with Crippen LogP contribution in [0.4, 0.5) is 0 Å². The zero-order chi connectivity index (χ0) is 21.8. The third-order valence-corrected chi connectivity index (χ3v) is 4.65. The first-order valence-corrected chi connectivity index (χ1v) is 10.6. The molecule has 0 aliphatic rings. The van der Waals surface area contributed by atoms with Gasteiger partial charge in [-0.3, -0.25) is 4.79 Å². The van der Waals surface area contributed by atoms with Crippen molar-refractivity contribution < 1.29 is 19.4 Å². The molecule has 0 spiro atoms. The normalized spacial score (nSPS) is 10.9. The average molecular weight is 409 g/mol. The quantitative estimate of drug-likeness (QED) is 0.181. The van der Waals surface area contributed by atoms with E-state index in [9.17, 15) is 9.90 Å². The highest BCUT2D eigenvalue weighted by molar-refractivity contribution is 6.07. The summed E-state index contributed by atoms with van der Waals surface area (Å²) in [5, 5.41) is 9.41. The van der Waals surface area contributed by atoms with E-state index in [0.29, 0.717) is 25.2 Å². The number of allylic oxidation sites excluding steroid dienone is 2. The second-order valence-electron chi connectivity index (χ2n) is 7.13. The van der Waals surface area contributed by atoms with Crippen molar-refractivity contribution >= 4 is 11.9 Å². The molecule has 0 aliphatic heterocycles. The average Bonchev–Trinajstić information content (AvgIpc) is 2.74. The van der Waals surface area contributed by atoms with Gasteiger partial charge >= 0.3 is 0 Å². The maximum Gasteiger partial charge on any atom is 0.185 e. The number of hydrogen-bond donors (Lipinski definition) is 1. The summed E-state index contributed by atoms with van der Waals surface area (Å²) in [7, 11) is 0. The Balaban J connectivity index is 2.35. The number of phenols is 1. The minimum atomic E-state index is -0.134. The number of ether oxygens (including phenoxy) is 2. The zero-order valence-electron chi connectivity index (χ0n) is 18.0. The molecule has 0 bridgehead atoms. The maximum absolute atomic E-state index is 12.5. The van der Waals surface area contributed by atoms with Crippen molar-refractivity contribution in [2.45, 2.75) is 46.0 Å². The highest BCUT2D eigenvalue weighted by Gasteiger charge is 2.12. The highest BCUT2D eigenvalue weighted by atomic mass is 16.5. The van der Waals surface area contributed by atoms with Gasteiger partial charge < -0.3 is 14.6 Å². The lowest BCUT2D eigenvalue weighted by Gasteiger charge is -2.16. The van der Waals surface area contributed by atoms with E-state index in [1.807, 2.05) is 18.2 Å². The molecule has 0 radical (unpaired) electrons. The molecule has 0 aliphatic carbocycles. The van der Waals surface area contributed by atoms with E-state index in [1.54, 1.807) is 24.3 Å². The number of hydrogen-bond acceptors (Lipinski definition) is 4. The molecule has 2 aromatic carbocycles. The van der Waals surface area contributed by atoms with Gasteiger partial charge in [0.05, 0.1) is 13.2 Å². The Bertz CT molecular complexity index is 850. The summed E-state index contributed by atoms with van der Waals surface area (Å²) in [6.45, 7) is 9.39. The molecule has 0 saturated heterocycles. The van der Waals surface area contributed by atoms with E-state index in [2.05, 4.69) is 20.4 Å². The first-order valence-electron chi connectivity index (χ1n) is 10.6. The van der Waals surface area contributed by atoms with Crippen LogP contribution in [-0.2, 0) is 6.42 Å². The topological polar surface area (TPSA) is 55.8 Å². The van der Waals surface area contributed by atoms with Crippen LogP contribution in [0.3, 0.4) is 0 Å². The summed E-state index contributed by atoms with van der Waals surface area (Å²) < 4.78 is 12.0. The van der Waals surface area contributed by atoms with Crippen molar-refractivity contribution in [3.63, 3.8) is 0 Å². The van der Waals surface area contributed by atoms with E-state index in [0.717, 1.165) is 48.3 Å². The number of carbonyl (C=O) groups excluding carboxylic acids is 1. The second kappa shape index (κ2) is 12.5. The molecule has 0 saturated carbocycles. The molecule has 0 amide bonds. The van der Waals surface area contributed by atoms with Gasteiger partial charge in [0, 0.05) is 17.2 Å². The predicted octanol–water partition coefficient (Wildman–Crippen LogP) is 6.37. The molecule has 0 atom stereocenters. The van der Waals surface area contributed by atoms with Crippen molar-refractivity contribution in [2.75, 3.05) is 13.2 Å². The zero-order valence-corrected chi connectivity index (χ0v) is 18.0. The summed E-state index contributed by atoms with van der Waals surface area (Å²) in [4.78, 5) is 12.5. The summed E-state index contributed by atoms with van der Waals surface area (Å²) in [5.74, 6) is 1.51. The number of phenolic OH excluding ortho intramolecular Hbond substituents is 1. The molecular weight excluding hydrogens is 376 g/mol. The fraction of sp³-hybridized carbons (Fsp3) is 0.346. The first-order chi connectivity index (χ1) is 14.6. The number of aromatic hydroxyl groups is 1. The van der Waals surface area contributed by atoms with Crippen LogP contribution in [-0.4, -0.2) is 24.1 Å². The molecule has 30 heavy (non-hydrogen) atoms. The summed E-state index contributed by atoms with van der Waals surface area (Å²) in [6.07, 6.45) is 9.86. The van der Waals surface area contributed by atoms with Gasteiger partial charge in [-0.15, -0.1) is 6.58 Å². The van der Waals surface area contributed by atoms with Crippen molar-refractivity contribution in [3.8, 4) is 17.2 Å². The molecule has 0 aromatic heterocycles. The molecule has 2 rings (SSSR count). The van der Waals surface area contributed by atoms with E-state index < -0.39 is 0 Å². The molecule has 2 aromatic rings. The third kappa shape index (κ3) is 7.11. The summed E-state index contributed by atoms with van der Waals surface area (Å²) >= 11 is 0. The number of benzene rings is 2. The van der Waals surface area contributed by atoms with Gasteiger partial charge in [-0.25, -0.2) is 0 Å². The molecule has 160 valence electrons. The maximum atomic E-state index is 12.5. The van der Waals surface area contributed by atoms with Crippen LogP contribution >= 0.6 is 0 Å². The van der Waals surface area contributed by atoms with Gasteiger partial charge in [-0.1, -0.05) is 38.8 Å². The number of ketones is 1. The SMILES string of the molecule is C=CCc1c(/C=C/C(=O)c2ccc(O)cc2)cc(OCCCC)cc1OCCCC. The molecule has 4 heteroatoms. The van der Waals surface area contributed by atoms with E-state index in [1.165, 1.54) is 12.1 Å². The van der Waals surface area contributed by atoms with E-state index in [4.69, 9.17) is 9.47 Å². The second-order valence-corrected chi connectivity index (χ2v) is 7.13. The van der Waals surface area contributed by atoms with Crippen LogP contribution in [0.15, 0.2) is 55.1 Å². The third-order valence-electron chi connectivity index (χ3n) is 4.65. The Hall–Kier alpha value is -3.01. The smallest absolute Gasteiger partial charge is 0.185 e. The minimum absolute atomic E-state index is 0.134. The van der Waals surface area contributed by atoms with Gasteiger partial charge in [0.25, 0.3) is 0 Å².